The van der Waals surface area contributed by atoms with Crippen LogP contribution in [0.25, 0.3) is 0 Å². The normalized spacial score (nSPS) is 30.7. The van der Waals surface area contributed by atoms with Crippen molar-refractivity contribution in [3.8, 4) is 0 Å². The minimum Gasteiger partial charge on any atom is -0.376 e. The number of carbonyl (C=O) groups is 1. The van der Waals surface area contributed by atoms with Gasteiger partial charge in [-0.25, -0.2) is 0 Å². The molecule has 0 aliphatic carbocycles. The molecule has 0 aromatic heterocycles. The lowest BCUT2D eigenvalue weighted by Gasteiger charge is -2.27. The Balaban J connectivity index is 2.06. The highest BCUT2D eigenvalue weighted by molar-refractivity contribution is 5.96. The molecule has 0 bridgehead atoms. The van der Waals surface area contributed by atoms with Crippen LogP contribution in [-0.2, 0) is 14.3 Å². The minimum atomic E-state index is -0.198. The molecule has 0 aromatic rings. The molecular weight excluding hydrogens is 206 g/mol. The minimum absolute atomic E-state index is 0.0832. The van der Waals surface area contributed by atoms with Crippen LogP contribution in [0.5, 0.6) is 0 Å². The Morgan fingerprint density at radius 3 is 2.81 bits per heavy atom. The third-order valence-electron chi connectivity index (χ3n) is 3.47. The van der Waals surface area contributed by atoms with Crippen molar-refractivity contribution < 1.29 is 14.3 Å². The first-order valence-corrected chi connectivity index (χ1v) is 5.78. The van der Waals surface area contributed by atoms with Gasteiger partial charge in [-0.3, -0.25) is 4.79 Å². The quantitative estimate of drug-likeness (QED) is 0.727. The molecule has 0 N–H and O–H groups in total. The van der Waals surface area contributed by atoms with Gasteiger partial charge in [-0.2, -0.15) is 0 Å². The molecule has 90 valence electrons. The van der Waals surface area contributed by atoms with E-state index in [2.05, 4.69) is 0 Å². The van der Waals surface area contributed by atoms with Crippen molar-refractivity contribution in [1.82, 2.24) is 4.90 Å². The summed E-state index contributed by atoms with van der Waals surface area (Å²) in [6.07, 6.45) is 2.12. The average Bonchev–Trinajstić information content (AvgIpc) is 2.84. The number of rotatable bonds is 3. The highest BCUT2D eigenvalue weighted by Crippen LogP contribution is 2.27. The summed E-state index contributed by atoms with van der Waals surface area (Å²) in [7, 11) is 1.64. The molecule has 4 nitrogen and oxygen atoms in total. The van der Waals surface area contributed by atoms with Gasteiger partial charge in [-0.05, 0) is 32.3 Å². The Hall–Kier alpha value is -0.870. The highest BCUT2D eigenvalue weighted by Gasteiger charge is 2.36. The summed E-state index contributed by atoms with van der Waals surface area (Å²) in [5.41, 5.74) is 1.83. The van der Waals surface area contributed by atoms with Crippen LogP contribution in [0.4, 0.5) is 0 Å². The summed E-state index contributed by atoms with van der Waals surface area (Å²) < 4.78 is 10.9. The molecule has 0 aromatic carbocycles. The van der Waals surface area contributed by atoms with Gasteiger partial charge in [0.15, 0.2) is 6.23 Å². The molecule has 0 saturated carbocycles. The number of methoxy groups -OCH3 is 1. The van der Waals surface area contributed by atoms with Crippen LogP contribution in [-0.4, -0.2) is 43.4 Å². The molecule has 2 atom stereocenters. The molecule has 2 aliphatic heterocycles. The van der Waals surface area contributed by atoms with Crippen molar-refractivity contribution in [3.63, 3.8) is 0 Å². The first-order chi connectivity index (χ1) is 7.65. The van der Waals surface area contributed by atoms with Gasteiger partial charge in [0.1, 0.15) is 0 Å². The van der Waals surface area contributed by atoms with E-state index in [-0.39, 0.29) is 18.2 Å². The molecule has 0 radical (unpaired) electrons. The van der Waals surface area contributed by atoms with E-state index in [9.17, 15) is 4.79 Å². The van der Waals surface area contributed by atoms with E-state index >= 15 is 0 Å². The lowest BCUT2D eigenvalue weighted by Crippen LogP contribution is -2.41. The Morgan fingerprint density at radius 1 is 1.50 bits per heavy atom. The monoisotopic (exact) mass is 225 g/mol. The van der Waals surface area contributed by atoms with Gasteiger partial charge in [0.2, 0.25) is 0 Å². The zero-order valence-corrected chi connectivity index (χ0v) is 10.2. The van der Waals surface area contributed by atoms with Gasteiger partial charge >= 0.3 is 0 Å². The lowest BCUT2D eigenvalue weighted by atomic mass is 10.2. The Bertz CT molecular complexity index is 318. The number of hydrogen-bond acceptors (Lipinski definition) is 3. The van der Waals surface area contributed by atoms with Gasteiger partial charge in [0.05, 0.1) is 12.6 Å². The molecule has 16 heavy (non-hydrogen) atoms. The van der Waals surface area contributed by atoms with Crippen molar-refractivity contribution in [1.29, 1.82) is 0 Å². The summed E-state index contributed by atoms with van der Waals surface area (Å²) in [5.74, 6) is 0.0832. The summed E-state index contributed by atoms with van der Waals surface area (Å²) in [6, 6.07) is 0. The van der Waals surface area contributed by atoms with Crippen LogP contribution in [0, 0.1) is 0 Å². The average molecular weight is 225 g/mol. The fourth-order valence-electron chi connectivity index (χ4n) is 2.40. The first kappa shape index (κ1) is 11.6. The molecule has 2 rings (SSSR count). The third kappa shape index (κ3) is 1.87. The third-order valence-corrected chi connectivity index (χ3v) is 3.47. The summed E-state index contributed by atoms with van der Waals surface area (Å²) in [5, 5.41) is 0. The van der Waals surface area contributed by atoms with Crippen molar-refractivity contribution in [2.24, 2.45) is 0 Å². The highest BCUT2D eigenvalue weighted by atomic mass is 16.5. The number of hydrogen-bond donors (Lipinski definition) is 0. The predicted octanol–water partition coefficient (Wildman–Crippen LogP) is 1.32. The SMILES string of the molecule is COC1C(C)=C(C)C(=O)N1CC1CCCO1. The topological polar surface area (TPSA) is 38.8 Å². The summed E-state index contributed by atoms with van der Waals surface area (Å²) >= 11 is 0. The van der Waals surface area contributed by atoms with Gasteiger partial charge in [0.25, 0.3) is 5.91 Å². The number of nitrogens with zero attached hydrogens (tertiary/aromatic N) is 1. The summed E-state index contributed by atoms with van der Waals surface area (Å²) in [4.78, 5) is 13.8. The fraction of sp³-hybridized carbons (Fsp3) is 0.750. The molecule has 2 aliphatic rings. The molecule has 1 saturated heterocycles. The summed E-state index contributed by atoms with van der Waals surface area (Å²) in [6.45, 7) is 5.28. The van der Waals surface area contributed by atoms with E-state index in [4.69, 9.17) is 9.47 Å². The van der Waals surface area contributed by atoms with Gasteiger partial charge in [0, 0.05) is 19.3 Å². The Labute approximate surface area is 96.2 Å². The molecule has 1 amide bonds. The molecule has 2 heterocycles. The second-order valence-corrected chi connectivity index (χ2v) is 4.49. The number of amides is 1. The van der Waals surface area contributed by atoms with E-state index in [1.54, 1.807) is 12.0 Å². The van der Waals surface area contributed by atoms with Gasteiger partial charge in [-0.15, -0.1) is 0 Å². The van der Waals surface area contributed by atoms with E-state index in [1.807, 2.05) is 13.8 Å². The van der Waals surface area contributed by atoms with E-state index in [0.29, 0.717) is 6.54 Å². The second-order valence-electron chi connectivity index (χ2n) is 4.49. The van der Waals surface area contributed by atoms with Crippen molar-refractivity contribution in [2.45, 2.75) is 39.0 Å². The maximum absolute atomic E-state index is 12.0. The zero-order chi connectivity index (χ0) is 11.7. The zero-order valence-electron chi connectivity index (χ0n) is 10.2. The molecule has 2 unspecified atom stereocenters. The van der Waals surface area contributed by atoms with Crippen LogP contribution in [0.1, 0.15) is 26.7 Å². The molecule has 1 fully saturated rings. The Morgan fingerprint density at radius 2 is 2.25 bits per heavy atom. The van der Waals surface area contributed by atoms with E-state index in [1.165, 1.54) is 0 Å². The van der Waals surface area contributed by atoms with Crippen LogP contribution < -0.4 is 0 Å². The van der Waals surface area contributed by atoms with Gasteiger partial charge in [-0.1, -0.05) is 0 Å². The smallest absolute Gasteiger partial charge is 0.251 e. The van der Waals surface area contributed by atoms with Crippen LogP contribution in [0.3, 0.4) is 0 Å². The first-order valence-electron chi connectivity index (χ1n) is 5.78. The fourth-order valence-corrected chi connectivity index (χ4v) is 2.40. The largest absolute Gasteiger partial charge is 0.376 e. The van der Waals surface area contributed by atoms with Crippen LogP contribution >= 0.6 is 0 Å². The lowest BCUT2D eigenvalue weighted by molar-refractivity contribution is -0.135. The molecule has 4 heteroatoms. The van der Waals surface area contributed by atoms with Gasteiger partial charge < -0.3 is 14.4 Å². The second kappa shape index (κ2) is 4.55. The van der Waals surface area contributed by atoms with Crippen molar-refractivity contribution >= 4 is 5.91 Å². The number of ether oxygens (including phenoxy) is 2. The maximum Gasteiger partial charge on any atom is 0.251 e. The van der Waals surface area contributed by atoms with E-state index < -0.39 is 0 Å². The van der Waals surface area contributed by atoms with Crippen LogP contribution in [0.2, 0.25) is 0 Å². The predicted molar refractivity (Wildman–Crippen MR) is 59.9 cm³/mol. The standard InChI is InChI=1S/C12H19NO3/c1-8-9(2)12(15-3)13(11(8)14)7-10-5-4-6-16-10/h10,12H,4-7H2,1-3H3. The number of carbonyl (C=O) groups excluding carboxylic acids is 1. The Kier molecular flexibility index (Phi) is 3.30. The maximum atomic E-state index is 12.0. The molecule has 0 spiro atoms. The van der Waals surface area contributed by atoms with Crippen molar-refractivity contribution in [3.05, 3.63) is 11.1 Å². The molecular formula is C12H19NO3. The van der Waals surface area contributed by atoms with E-state index in [0.717, 1.165) is 30.6 Å². The van der Waals surface area contributed by atoms with Crippen LogP contribution in [0.15, 0.2) is 11.1 Å². The van der Waals surface area contributed by atoms with Crippen molar-refractivity contribution in [2.75, 3.05) is 20.3 Å².